The maximum Gasteiger partial charge on any atom is 0.265 e. The Morgan fingerprint density at radius 1 is 1.47 bits per heavy atom. The van der Waals surface area contributed by atoms with Crippen LogP contribution in [0.15, 0.2) is 37.6 Å². The summed E-state index contributed by atoms with van der Waals surface area (Å²) < 4.78 is 3.03. The first-order chi connectivity index (χ1) is 7.16. The van der Waals surface area contributed by atoms with E-state index in [0.29, 0.717) is 11.0 Å². The van der Waals surface area contributed by atoms with E-state index < -0.39 is 0 Å². The van der Waals surface area contributed by atoms with Gasteiger partial charge in [-0.15, -0.1) is 11.3 Å². The van der Waals surface area contributed by atoms with Crippen LogP contribution in [-0.4, -0.2) is 9.55 Å². The topological polar surface area (TPSA) is 34.9 Å². The summed E-state index contributed by atoms with van der Waals surface area (Å²) in [7, 11) is 0. The van der Waals surface area contributed by atoms with Gasteiger partial charge in [-0.05, 0) is 37.9 Å². The van der Waals surface area contributed by atoms with Crippen LogP contribution in [0.25, 0.3) is 0 Å². The molecule has 0 aromatic carbocycles. The van der Waals surface area contributed by atoms with Crippen molar-refractivity contribution < 1.29 is 0 Å². The minimum Gasteiger partial charge on any atom is -0.307 e. The molecule has 2 aromatic heterocycles. The largest absolute Gasteiger partial charge is 0.307 e. The number of rotatable bonds is 2. The van der Waals surface area contributed by atoms with Crippen molar-refractivity contribution in [3.05, 3.63) is 48.1 Å². The fraction of sp³-hybridized carbons (Fsp3) is 0.111. The fourth-order valence-electron chi connectivity index (χ4n) is 1.16. The Morgan fingerprint density at radius 3 is 2.93 bits per heavy atom. The van der Waals surface area contributed by atoms with Crippen LogP contribution in [0.3, 0.4) is 0 Å². The zero-order chi connectivity index (χ0) is 10.8. The Kier molecular flexibility index (Phi) is 3.38. The Morgan fingerprint density at radius 2 is 2.27 bits per heavy atom. The molecule has 2 heterocycles. The molecule has 0 saturated heterocycles. The van der Waals surface area contributed by atoms with E-state index in [1.807, 2.05) is 5.38 Å². The summed E-state index contributed by atoms with van der Waals surface area (Å²) in [5.41, 5.74) is -0.0478. The quantitative estimate of drug-likeness (QED) is 0.835. The number of nitrogens with zero attached hydrogens (tertiary/aromatic N) is 2. The maximum atomic E-state index is 11.7. The Balaban J connectivity index is 2.41. The van der Waals surface area contributed by atoms with Gasteiger partial charge in [-0.1, -0.05) is 0 Å². The molecule has 0 saturated carbocycles. The van der Waals surface area contributed by atoms with Crippen molar-refractivity contribution in [1.82, 2.24) is 9.55 Å². The van der Waals surface area contributed by atoms with Crippen LogP contribution in [0.1, 0.15) is 5.01 Å². The summed E-state index contributed by atoms with van der Waals surface area (Å²) in [6, 6.07) is 1.74. The van der Waals surface area contributed by atoms with Gasteiger partial charge in [0.05, 0.1) is 11.0 Å². The molecule has 0 amide bonds. The molecule has 0 aliphatic heterocycles. The number of pyridine rings is 1. The lowest BCUT2D eigenvalue weighted by atomic mass is 10.4. The van der Waals surface area contributed by atoms with Crippen LogP contribution >= 0.6 is 43.2 Å². The molecule has 0 aliphatic rings. The zero-order valence-corrected chi connectivity index (χ0v) is 11.5. The molecule has 0 N–H and O–H groups in total. The van der Waals surface area contributed by atoms with E-state index in [1.54, 1.807) is 23.0 Å². The van der Waals surface area contributed by atoms with Gasteiger partial charge in [0, 0.05) is 22.2 Å². The highest BCUT2D eigenvalue weighted by Gasteiger charge is 2.04. The second-order valence-electron chi connectivity index (χ2n) is 2.87. The average Bonchev–Trinajstić information content (AvgIpc) is 2.66. The predicted octanol–water partition coefficient (Wildman–Crippen LogP) is 2.88. The van der Waals surface area contributed by atoms with Gasteiger partial charge in [0.25, 0.3) is 5.56 Å². The number of halogens is 2. The first kappa shape index (κ1) is 11.0. The van der Waals surface area contributed by atoms with Gasteiger partial charge in [0.2, 0.25) is 0 Å². The van der Waals surface area contributed by atoms with Gasteiger partial charge >= 0.3 is 0 Å². The maximum absolute atomic E-state index is 11.7. The third-order valence-electron chi connectivity index (χ3n) is 1.80. The number of thiazole rings is 1. The van der Waals surface area contributed by atoms with Crippen molar-refractivity contribution in [2.45, 2.75) is 6.54 Å². The number of aromatic nitrogens is 2. The van der Waals surface area contributed by atoms with E-state index in [2.05, 4.69) is 36.8 Å². The molecule has 3 nitrogen and oxygen atoms in total. The molecule has 78 valence electrons. The minimum atomic E-state index is -0.0478. The van der Waals surface area contributed by atoms with Gasteiger partial charge in [0.1, 0.15) is 5.01 Å². The third kappa shape index (κ3) is 2.56. The fourth-order valence-corrected chi connectivity index (χ4v) is 3.03. The SMILES string of the molecule is O=c1c(Br)cc(Br)cn1Cc1nccs1. The second kappa shape index (κ2) is 4.59. The molecule has 0 bridgehead atoms. The van der Waals surface area contributed by atoms with Crippen LogP contribution in [0.5, 0.6) is 0 Å². The van der Waals surface area contributed by atoms with E-state index in [4.69, 9.17) is 0 Å². The van der Waals surface area contributed by atoms with Gasteiger partial charge in [-0.25, -0.2) is 4.98 Å². The lowest BCUT2D eigenvalue weighted by molar-refractivity contribution is 0.746. The summed E-state index contributed by atoms with van der Waals surface area (Å²) in [5.74, 6) is 0. The lowest BCUT2D eigenvalue weighted by Gasteiger charge is -2.04. The molecule has 0 spiro atoms. The van der Waals surface area contributed by atoms with Crippen molar-refractivity contribution in [3.63, 3.8) is 0 Å². The number of hydrogen-bond acceptors (Lipinski definition) is 3. The molecular formula is C9H6Br2N2OS. The molecule has 0 radical (unpaired) electrons. The van der Waals surface area contributed by atoms with Crippen molar-refractivity contribution in [2.24, 2.45) is 0 Å². The third-order valence-corrected chi connectivity index (χ3v) is 3.56. The number of hydrogen-bond donors (Lipinski definition) is 0. The highest BCUT2D eigenvalue weighted by molar-refractivity contribution is 9.11. The first-order valence-electron chi connectivity index (χ1n) is 4.10. The summed E-state index contributed by atoms with van der Waals surface area (Å²) in [6.07, 6.45) is 3.49. The molecule has 2 rings (SSSR count). The van der Waals surface area contributed by atoms with Gasteiger partial charge in [-0.2, -0.15) is 0 Å². The molecule has 0 fully saturated rings. The standard InChI is InChI=1S/C9H6Br2N2OS/c10-6-3-7(11)9(14)13(4-6)5-8-12-1-2-15-8/h1-4H,5H2. The van der Waals surface area contributed by atoms with E-state index in [1.165, 1.54) is 11.3 Å². The first-order valence-corrected chi connectivity index (χ1v) is 6.57. The molecule has 0 unspecified atom stereocenters. The van der Waals surface area contributed by atoms with Gasteiger partial charge < -0.3 is 4.57 Å². The highest BCUT2D eigenvalue weighted by Crippen LogP contribution is 2.14. The molecular weight excluding hydrogens is 344 g/mol. The van der Waals surface area contributed by atoms with Crippen LogP contribution in [0, 0.1) is 0 Å². The van der Waals surface area contributed by atoms with Crippen molar-refractivity contribution in [2.75, 3.05) is 0 Å². The normalized spacial score (nSPS) is 10.5. The van der Waals surface area contributed by atoms with E-state index in [-0.39, 0.29) is 5.56 Å². The summed E-state index contributed by atoms with van der Waals surface area (Å²) in [6.45, 7) is 0.508. The van der Waals surface area contributed by atoms with E-state index in [9.17, 15) is 4.79 Å². The summed E-state index contributed by atoms with van der Waals surface area (Å²) in [4.78, 5) is 15.9. The van der Waals surface area contributed by atoms with Crippen molar-refractivity contribution >= 4 is 43.2 Å². The zero-order valence-electron chi connectivity index (χ0n) is 7.48. The van der Waals surface area contributed by atoms with Crippen molar-refractivity contribution in [1.29, 1.82) is 0 Å². The molecule has 0 atom stereocenters. The monoisotopic (exact) mass is 348 g/mol. The van der Waals surface area contributed by atoms with Crippen LogP contribution < -0.4 is 5.56 Å². The van der Waals surface area contributed by atoms with Crippen LogP contribution in [-0.2, 0) is 6.54 Å². The summed E-state index contributed by atoms with van der Waals surface area (Å²) >= 11 is 8.10. The van der Waals surface area contributed by atoms with Gasteiger partial charge in [0.15, 0.2) is 0 Å². The Hall–Kier alpha value is -0.460. The average molecular weight is 350 g/mol. The molecule has 15 heavy (non-hydrogen) atoms. The van der Waals surface area contributed by atoms with Crippen molar-refractivity contribution in [3.8, 4) is 0 Å². The molecule has 0 aliphatic carbocycles. The highest BCUT2D eigenvalue weighted by atomic mass is 79.9. The smallest absolute Gasteiger partial charge is 0.265 e. The second-order valence-corrected chi connectivity index (χ2v) is 5.61. The van der Waals surface area contributed by atoms with E-state index in [0.717, 1.165) is 9.48 Å². The molecule has 2 aromatic rings. The molecule has 6 heteroatoms. The Bertz CT molecular complexity index is 521. The minimum absolute atomic E-state index is 0.0478. The van der Waals surface area contributed by atoms with Crippen LogP contribution in [0.4, 0.5) is 0 Å². The lowest BCUT2D eigenvalue weighted by Crippen LogP contribution is -2.20. The van der Waals surface area contributed by atoms with Gasteiger partial charge in [-0.3, -0.25) is 4.79 Å². The van der Waals surface area contributed by atoms with Crippen LogP contribution in [0.2, 0.25) is 0 Å². The predicted molar refractivity (Wildman–Crippen MR) is 67.3 cm³/mol. The van der Waals surface area contributed by atoms with E-state index >= 15 is 0 Å². The Labute approximate surface area is 107 Å². The summed E-state index contributed by atoms with van der Waals surface area (Å²) in [5, 5.41) is 2.81.